The Morgan fingerprint density at radius 3 is 2.50 bits per heavy atom. The fourth-order valence-electron chi connectivity index (χ4n) is 4.29. The largest absolute Gasteiger partial charge is 0.493 e. The Kier molecular flexibility index (Phi) is 5.02. The van der Waals surface area contributed by atoms with Gasteiger partial charge < -0.3 is 19.9 Å². The zero-order valence-electron chi connectivity index (χ0n) is 16.4. The summed E-state index contributed by atoms with van der Waals surface area (Å²) in [5, 5.41) is 14.3. The number of aliphatic hydroxyl groups is 1. The molecule has 2 aliphatic carbocycles. The zero-order chi connectivity index (χ0) is 19.7. The number of benzene rings is 2. The molecule has 2 aromatic rings. The third-order valence-corrected chi connectivity index (χ3v) is 6.01. The van der Waals surface area contributed by atoms with Gasteiger partial charge in [0, 0.05) is 0 Å². The van der Waals surface area contributed by atoms with Gasteiger partial charge in [-0.3, -0.25) is 4.79 Å². The maximum atomic E-state index is 13.0. The lowest BCUT2D eigenvalue weighted by atomic mass is 9.91. The summed E-state index contributed by atoms with van der Waals surface area (Å²) in [7, 11) is 3.19. The number of hydrogen-bond donors (Lipinski definition) is 2. The van der Waals surface area contributed by atoms with Crippen LogP contribution < -0.4 is 14.8 Å². The van der Waals surface area contributed by atoms with Crippen molar-refractivity contribution < 1.29 is 19.4 Å². The molecule has 1 fully saturated rings. The molecule has 0 aromatic heterocycles. The highest BCUT2D eigenvalue weighted by Crippen LogP contribution is 2.44. The van der Waals surface area contributed by atoms with Gasteiger partial charge in [-0.05, 0) is 60.4 Å². The second-order valence-corrected chi connectivity index (χ2v) is 7.84. The monoisotopic (exact) mass is 381 g/mol. The molecule has 2 aliphatic rings. The zero-order valence-corrected chi connectivity index (χ0v) is 16.4. The van der Waals surface area contributed by atoms with Crippen molar-refractivity contribution in [3.05, 3.63) is 59.2 Å². The SMILES string of the molecule is COc1cc2c(cc1OC)C(O)(CNC(=O)C(c1ccccc1)C1CC1)CC2. The molecule has 2 N–H and O–H groups in total. The minimum Gasteiger partial charge on any atom is -0.493 e. The van der Waals surface area contributed by atoms with Gasteiger partial charge in [0.15, 0.2) is 11.5 Å². The van der Waals surface area contributed by atoms with Crippen LogP contribution >= 0.6 is 0 Å². The molecule has 0 spiro atoms. The van der Waals surface area contributed by atoms with Crippen molar-refractivity contribution in [2.75, 3.05) is 20.8 Å². The Hall–Kier alpha value is -2.53. The molecule has 0 radical (unpaired) electrons. The smallest absolute Gasteiger partial charge is 0.227 e. The summed E-state index contributed by atoms with van der Waals surface area (Å²) >= 11 is 0. The number of nitrogens with one attached hydrogen (secondary N) is 1. The first-order valence-electron chi connectivity index (χ1n) is 9.86. The van der Waals surface area contributed by atoms with Crippen molar-refractivity contribution in [2.24, 2.45) is 5.92 Å². The minimum absolute atomic E-state index is 0.00366. The topological polar surface area (TPSA) is 67.8 Å². The minimum atomic E-state index is -1.09. The van der Waals surface area contributed by atoms with E-state index in [0.717, 1.165) is 36.0 Å². The summed E-state index contributed by atoms with van der Waals surface area (Å²) in [5.74, 6) is 1.50. The average Bonchev–Trinajstić information content (AvgIpc) is 3.50. The molecule has 4 rings (SSSR count). The Morgan fingerprint density at radius 1 is 1.18 bits per heavy atom. The van der Waals surface area contributed by atoms with E-state index in [2.05, 4.69) is 5.32 Å². The van der Waals surface area contributed by atoms with Crippen LogP contribution in [0, 0.1) is 5.92 Å². The van der Waals surface area contributed by atoms with Gasteiger partial charge in [-0.1, -0.05) is 30.3 Å². The van der Waals surface area contributed by atoms with Gasteiger partial charge in [-0.25, -0.2) is 0 Å². The van der Waals surface area contributed by atoms with Crippen LogP contribution in [0.5, 0.6) is 11.5 Å². The van der Waals surface area contributed by atoms with Gasteiger partial charge in [0.05, 0.1) is 26.7 Å². The number of carbonyl (C=O) groups excluding carboxylic acids is 1. The van der Waals surface area contributed by atoms with Crippen molar-refractivity contribution in [2.45, 2.75) is 37.2 Å². The highest BCUT2D eigenvalue weighted by molar-refractivity contribution is 5.84. The van der Waals surface area contributed by atoms with Crippen molar-refractivity contribution in [3.8, 4) is 11.5 Å². The normalized spacial score (nSPS) is 21.7. The third-order valence-electron chi connectivity index (χ3n) is 6.01. The second kappa shape index (κ2) is 7.47. The molecule has 0 aliphatic heterocycles. The highest BCUT2D eigenvalue weighted by atomic mass is 16.5. The maximum Gasteiger partial charge on any atom is 0.227 e. The number of amides is 1. The summed E-state index contributed by atoms with van der Waals surface area (Å²) < 4.78 is 10.8. The summed E-state index contributed by atoms with van der Waals surface area (Å²) in [6, 6.07) is 13.7. The summed E-state index contributed by atoms with van der Waals surface area (Å²) in [6.45, 7) is 0.199. The van der Waals surface area contributed by atoms with Crippen LogP contribution in [0.3, 0.4) is 0 Å². The van der Waals surface area contributed by atoms with E-state index in [-0.39, 0.29) is 18.4 Å². The van der Waals surface area contributed by atoms with Crippen molar-refractivity contribution in [1.29, 1.82) is 0 Å². The molecule has 0 saturated heterocycles. The van der Waals surface area contributed by atoms with Gasteiger partial charge in [0.25, 0.3) is 0 Å². The maximum absolute atomic E-state index is 13.0. The van der Waals surface area contributed by atoms with E-state index in [0.29, 0.717) is 23.8 Å². The number of hydrogen-bond acceptors (Lipinski definition) is 4. The lowest BCUT2D eigenvalue weighted by Crippen LogP contribution is -2.41. The van der Waals surface area contributed by atoms with Crippen LogP contribution in [0.1, 0.15) is 41.9 Å². The quantitative estimate of drug-likeness (QED) is 0.773. The van der Waals surface area contributed by atoms with Gasteiger partial charge >= 0.3 is 0 Å². The van der Waals surface area contributed by atoms with Crippen molar-refractivity contribution >= 4 is 5.91 Å². The van der Waals surface area contributed by atoms with Crippen LogP contribution in [-0.2, 0) is 16.8 Å². The molecule has 0 heterocycles. The molecule has 148 valence electrons. The van der Waals surface area contributed by atoms with E-state index in [1.54, 1.807) is 14.2 Å². The van der Waals surface area contributed by atoms with Crippen LogP contribution in [0.15, 0.2) is 42.5 Å². The predicted octanol–water partition coefficient (Wildman–Crippen LogP) is 3.15. The summed E-state index contributed by atoms with van der Waals surface area (Å²) in [6.07, 6.45) is 3.47. The fraction of sp³-hybridized carbons (Fsp3) is 0.435. The average molecular weight is 381 g/mol. The van der Waals surface area contributed by atoms with E-state index >= 15 is 0 Å². The highest BCUT2D eigenvalue weighted by Gasteiger charge is 2.41. The van der Waals surface area contributed by atoms with Gasteiger partial charge in [0.2, 0.25) is 5.91 Å². The van der Waals surface area contributed by atoms with E-state index in [1.807, 2.05) is 42.5 Å². The Bertz CT molecular complexity index is 862. The molecule has 2 aromatic carbocycles. The van der Waals surface area contributed by atoms with Gasteiger partial charge in [-0.2, -0.15) is 0 Å². The first-order chi connectivity index (χ1) is 13.6. The number of aryl methyl sites for hydroxylation is 1. The number of rotatable bonds is 7. The lowest BCUT2D eigenvalue weighted by Gasteiger charge is -2.26. The molecule has 2 atom stereocenters. The predicted molar refractivity (Wildman–Crippen MR) is 107 cm³/mol. The number of carbonyl (C=O) groups is 1. The molecular formula is C23H27NO4. The van der Waals surface area contributed by atoms with E-state index in [9.17, 15) is 9.90 Å². The standard InChI is InChI=1S/C23H27NO4/c1-27-19-12-17-10-11-23(26,18(17)13-20(19)28-2)14-24-22(25)21(16-8-9-16)15-6-4-3-5-7-15/h3-7,12-13,16,21,26H,8-11,14H2,1-2H3,(H,24,25). The van der Waals surface area contributed by atoms with E-state index < -0.39 is 5.60 Å². The number of ether oxygens (including phenoxy) is 2. The molecular weight excluding hydrogens is 354 g/mol. The number of methoxy groups -OCH3 is 2. The first-order valence-corrected chi connectivity index (χ1v) is 9.86. The molecule has 28 heavy (non-hydrogen) atoms. The summed E-state index contributed by atoms with van der Waals surface area (Å²) in [4.78, 5) is 13.0. The van der Waals surface area contributed by atoms with E-state index in [1.165, 1.54) is 0 Å². The van der Waals surface area contributed by atoms with Crippen molar-refractivity contribution in [3.63, 3.8) is 0 Å². The number of fused-ring (bicyclic) bond motifs is 1. The molecule has 1 amide bonds. The molecule has 1 saturated carbocycles. The third kappa shape index (κ3) is 3.47. The summed E-state index contributed by atoms with van der Waals surface area (Å²) in [5.41, 5.74) is 1.81. The van der Waals surface area contributed by atoms with Crippen LogP contribution in [0.4, 0.5) is 0 Å². The Labute approximate surface area is 165 Å². The van der Waals surface area contributed by atoms with Gasteiger partial charge in [-0.15, -0.1) is 0 Å². The van der Waals surface area contributed by atoms with Crippen molar-refractivity contribution in [1.82, 2.24) is 5.32 Å². The Balaban J connectivity index is 1.52. The first kappa shape index (κ1) is 18.8. The van der Waals surface area contributed by atoms with E-state index in [4.69, 9.17) is 9.47 Å². The van der Waals surface area contributed by atoms with Crippen LogP contribution in [-0.4, -0.2) is 31.8 Å². The molecule has 5 nitrogen and oxygen atoms in total. The van der Waals surface area contributed by atoms with Crippen LogP contribution in [0.2, 0.25) is 0 Å². The molecule has 5 heteroatoms. The lowest BCUT2D eigenvalue weighted by molar-refractivity contribution is -0.124. The fourth-order valence-corrected chi connectivity index (χ4v) is 4.29. The second-order valence-electron chi connectivity index (χ2n) is 7.84. The molecule has 0 bridgehead atoms. The molecule has 2 unspecified atom stereocenters. The Morgan fingerprint density at radius 2 is 1.86 bits per heavy atom. The van der Waals surface area contributed by atoms with Gasteiger partial charge in [0.1, 0.15) is 5.60 Å². The van der Waals surface area contributed by atoms with Crippen LogP contribution in [0.25, 0.3) is 0 Å².